The van der Waals surface area contributed by atoms with Gasteiger partial charge in [0.15, 0.2) is 0 Å². The van der Waals surface area contributed by atoms with Crippen LogP contribution < -0.4 is 4.90 Å². The molecule has 2 aromatic heterocycles. The fourth-order valence-electron chi connectivity index (χ4n) is 4.14. The zero-order valence-corrected chi connectivity index (χ0v) is 20.9. The predicted octanol–water partition coefficient (Wildman–Crippen LogP) is 6.05. The van der Waals surface area contributed by atoms with Crippen molar-refractivity contribution in [1.29, 1.82) is 0 Å². The molecule has 0 saturated heterocycles. The van der Waals surface area contributed by atoms with Crippen molar-refractivity contribution in [2.45, 2.75) is 20.8 Å². The molecule has 0 aliphatic rings. The van der Waals surface area contributed by atoms with Crippen molar-refractivity contribution in [3.8, 4) is 11.4 Å². The van der Waals surface area contributed by atoms with Crippen LogP contribution in [0.3, 0.4) is 0 Å². The van der Waals surface area contributed by atoms with Crippen LogP contribution >= 0.6 is 0 Å². The van der Waals surface area contributed by atoms with Crippen molar-refractivity contribution in [2.75, 3.05) is 4.90 Å². The summed E-state index contributed by atoms with van der Waals surface area (Å²) in [5.41, 5.74) is 8.34. The Morgan fingerprint density at radius 1 is 0.697 bits per heavy atom. The molecule has 0 N–H and O–H groups in total. The third kappa shape index (κ3) is 4.55. The number of nitrogens with zero attached hydrogens (tertiary/aromatic N) is 5. The third-order valence-corrected chi connectivity index (χ3v) is 5.37. The fourth-order valence-corrected chi connectivity index (χ4v) is 4.14. The van der Waals surface area contributed by atoms with Crippen molar-refractivity contribution >= 4 is 17.1 Å². The van der Waals surface area contributed by atoms with Gasteiger partial charge in [0, 0.05) is 30.5 Å². The van der Waals surface area contributed by atoms with Gasteiger partial charge >= 0.3 is 21.1 Å². The molecule has 0 bridgehead atoms. The molecule has 5 aromatic rings. The molecule has 0 aliphatic carbocycles. The topological polar surface area (TPSA) is 38.9 Å². The molecule has 6 heteroatoms. The largest absolute Gasteiger partial charge is 2.00 e. The smallest absolute Gasteiger partial charge is 0.358 e. The van der Waals surface area contributed by atoms with Gasteiger partial charge in [-0.25, -0.2) is 0 Å². The zero-order chi connectivity index (χ0) is 22.1. The van der Waals surface area contributed by atoms with Crippen LogP contribution in [0.4, 0.5) is 17.1 Å². The second-order valence-electron chi connectivity index (χ2n) is 7.83. The summed E-state index contributed by atoms with van der Waals surface area (Å²) in [7, 11) is 0. The summed E-state index contributed by atoms with van der Waals surface area (Å²) in [6, 6.07) is 27.6. The third-order valence-electron chi connectivity index (χ3n) is 5.37. The fraction of sp³-hybridized carbons (Fsp3) is 0.111. The van der Waals surface area contributed by atoms with Crippen molar-refractivity contribution in [3.63, 3.8) is 0 Å². The number of aryl methyl sites for hydroxylation is 3. The van der Waals surface area contributed by atoms with Crippen molar-refractivity contribution in [1.82, 2.24) is 19.6 Å². The molecular weight excluding hydrogens is 589 g/mol. The predicted molar refractivity (Wildman–Crippen MR) is 127 cm³/mol. The number of hydrogen-bond acceptors (Lipinski definition) is 3. The van der Waals surface area contributed by atoms with Crippen molar-refractivity contribution in [3.05, 3.63) is 114 Å². The van der Waals surface area contributed by atoms with Gasteiger partial charge in [-0.15, -0.1) is 36.4 Å². The maximum Gasteiger partial charge on any atom is 2.00 e. The Morgan fingerprint density at radius 3 is 1.61 bits per heavy atom. The molecule has 166 valence electrons. The minimum Gasteiger partial charge on any atom is -0.358 e. The van der Waals surface area contributed by atoms with E-state index >= 15 is 0 Å². The molecule has 3 aromatic carbocycles. The number of aromatic nitrogens is 4. The van der Waals surface area contributed by atoms with Gasteiger partial charge in [-0.05, 0) is 55.4 Å². The van der Waals surface area contributed by atoms with Crippen molar-refractivity contribution < 1.29 is 21.1 Å². The Hall–Kier alpha value is -3.43. The van der Waals surface area contributed by atoms with E-state index < -0.39 is 0 Å². The molecule has 2 heterocycles. The SMILES string of the molecule is Cc1cc(C)c(N(c2[c-]c(-n3cccn3)ccc2)c2[c-]c(-n3cccn3)ccc2)c(C)c1.[Pt+2]. The summed E-state index contributed by atoms with van der Waals surface area (Å²) in [6.07, 6.45) is 7.39. The van der Waals surface area contributed by atoms with Gasteiger partial charge in [-0.3, -0.25) is 9.36 Å². The molecule has 0 unspecified atom stereocenters. The first-order valence-corrected chi connectivity index (χ1v) is 10.5. The van der Waals surface area contributed by atoms with Crippen LogP contribution in [0.2, 0.25) is 0 Å². The summed E-state index contributed by atoms with van der Waals surface area (Å²) in [4.78, 5) is 2.21. The van der Waals surface area contributed by atoms with Crippen LogP contribution in [0.5, 0.6) is 0 Å². The second-order valence-corrected chi connectivity index (χ2v) is 7.83. The Morgan fingerprint density at radius 2 is 1.18 bits per heavy atom. The average molecular weight is 613 g/mol. The van der Waals surface area contributed by atoms with Crippen LogP contribution in [-0.2, 0) is 21.1 Å². The van der Waals surface area contributed by atoms with Crippen molar-refractivity contribution in [2.24, 2.45) is 0 Å². The maximum atomic E-state index is 4.37. The zero-order valence-electron chi connectivity index (χ0n) is 18.6. The van der Waals surface area contributed by atoms with E-state index in [1.54, 1.807) is 12.4 Å². The molecule has 0 saturated carbocycles. The van der Waals surface area contributed by atoms with Crippen LogP contribution in [0.25, 0.3) is 11.4 Å². The molecule has 0 fully saturated rings. The van der Waals surface area contributed by atoms with E-state index in [0.29, 0.717) is 0 Å². The Balaban J connectivity index is 0.00000259. The van der Waals surface area contributed by atoms with Gasteiger partial charge in [0.2, 0.25) is 0 Å². The van der Waals surface area contributed by atoms with Gasteiger partial charge in [0.25, 0.3) is 0 Å². The van der Waals surface area contributed by atoms with Crippen LogP contribution in [0, 0.1) is 32.9 Å². The molecule has 0 aliphatic heterocycles. The van der Waals surface area contributed by atoms with Gasteiger partial charge < -0.3 is 4.90 Å². The molecule has 5 rings (SSSR count). The van der Waals surface area contributed by atoms with Gasteiger partial charge in [0.1, 0.15) is 0 Å². The molecule has 0 amide bonds. The van der Waals surface area contributed by atoms with E-state index in [4.69, 9.17) is 0 Å². The summed E-state index contributed by atoms with van der Waals surface area (Å²) in [5.74, 6) is 0. The minimum absolute atomic E-state index is 0. The summed E-state index contributed by atoms with van der Waals surface area (Å²) in [6.45, 7) is 6.43. The first-order valence-electron chi connectivity index (χ1n) is 10.5. The van der Waals surface area contributed by atoms with Gasteiger partial charge in [-0.2, -0.15) is 22.3 Å². The van der Waals surface area contributed by atoms with Crippen LogP contribution in [0.15, 0.2) is 85.5 Å². The van der Waals surface area contributed by atoms with E-state index in [-0.39, 0.29) is 21.1 Å². The van der Waals surface area contributed by atoms with E-state index in [0.717, 1.165) is 28.4 Å². The maximum absolute atomic E-state index is 4.37. The Bertz CT molecular complexity index is 1260. The van der Waals surface area contributed by atoms with E-state index in [1.165, 1.54) is 16.7 Å². The van der Waals surface area contributed by atoms with Crippen LogP contribution in [0.1, 0.15) is 16.7 Å². The van der Waals surface area contributed by atoms with E-state index in [2.05, 4.69) is 72.3 Å². The molecule has 5 nitrogen and oxygen atoms in total. The average Bonchev–Trinajstić information content (AvgIpc) is 3.51. The molecule has 0 spiro atoms. The molecule has 0 radical (unpaired) electrons. The Labute approximate surface area is 208 Å². The number of anilines is 3. The van der Waals surface area contributed by atoms with Gasteiger partial charge in [0.05, 0.1) is 0 Å². The Kier molecular flexibility index (Phi) is 6.62. The molecular formula is C27H23N5Pt. The second kappa shape index (κ2) is 9.60. The molecule has 33 heavy (non-hydrogen) atoms. The molecule has 0 atom stereocenters. The number of hydrogen-bond donors (Lipinski definition) is 0. The monoisotopic (exact) mass is 612 g/mol. The van der Waals surface area contributed by atoms with E-state index in [9.17, 15) is 0 Å². The summed E-state index contributed by atoms with van der Waals surface area (Å²) >= 11 is 0. The van der Waals surface area contributed by atoms with Crippen LogP contribution in [-0.4, -0.2) is 19.6 Å². The first kappa shape index (κ1) is 22.8. The quantitative estimate of drug-likeness (QED) is 0.227. The first-order chi connectivity index (χ1) is 15.6. The number of rotatable bonds is 5. The van der Waals surface area contributed by atoms with E-state index in [1.807, 2.05) is 58.2 Å². The summed E-state index contributed by atoms with van der Waals surface area (Å²) < 4.78 is 3.64. The standard InChI is InChI=1S/C27H23N5.Pt/c1-20-16-21(2)27(22(3)17-20)32(25-10-4-8-23(18-25)30-14-6-12-28-30)26-11-5-9-24(19-26)31-15-7-13-29-31;/h4-17H,1-3H3;/q-2;+2. The number of benzene rings is 3. The van der Waals surface area contributed by atoms with Gasteiger partial charge in [-0.1, -0.05) is 29.1 Å². The minimum atomic E-state index is 0. The summed E-state index contributed by atoms with van der Waals surface area (Å²) in [5, 5.41) is 8.75. The normalized spacial score (nSPS) is 10.6.